The molecule has 0 radical (unpaired) electrons. The van der Waals surface area contributed by atoms with Gasteiger partial charge in [0.2, 0.25) is 0 Å². The topological polar surface area (TPSA) is 41.3 Å². The Hall–Kier alpha value is -1.32. The maximum atomic E-state index is 5.84. The predicted octanol–water partition coefficient (Wildman–Crippen LogP) is 2.05. The van der Waals surface area contributed by atoms with Gasteiger partial charge in [-0.1, -0.05) is 19.1 Å². The summed E-state index contributed by atoms with van der Waals surface area (Å²) < 4.78 is 0. The van der Waals surface area contributed by atoms with Gasteiger partial charge in [-0.3, -0.25) is 5.43 Å². The minimum Gasteiger partial charge on any atom is -0.399 e. The van der Waals surface area contributed by atoms with Crippen LogP contribution in [0, 0.1) is 0 Å². The Morgan fingerprint density at radius 3 is 2.82 bits per heavy atom. The maximum Gasteiger partial charge on any atom is 0.0317 e. The highest BCUT2D eigenvalue weighted by atomic mass is 15.5. The lowest BCUT2D eigenvalue weighted by Crippen LogP contribution is -2.38. The van der Waals surface area contributed by atoms with Crippen LogP contribution in [0.2, 0.25) is 0 Å². The Morgan fingerprint density at radius 2 is 2.24 bits per heavy atom. The summed E-state index contributed by atoms with van der Waals surface area (Å²) in [5.41, 5.74) is 14.1. The van der Waals surface area contributed by atoms with E-state index in [1.807, 2.05) is 13.1 Å². The second-order valence-electron chi connectivity index (χ2n) is 4.42. The monoisotopic (exact) mass is 231 g/mol. The Bertz CT molecular complexity index is 423. The van der Waals surface area contributed by atoms with Crippen LogP contribution in [0.3, 0.4) is 0 Å². The molecule has 3 heteroatoms. The van der Waals surface area contributed by atoms with Gasteiger partial charge in [-0.25, -0.2) is 5.01 Å². The SMILES string of the molecule is CCc1cc(N)ccc1C1=CCN(NC)CC1. The van der Waals surface area contributed by atoms with Gasteiger partial charge < -0.3 is 5.73 Å². The van der Waals surface area contributed by atoms with Crippen molar-refractivity contribution in [3.63, 3.8) is 0 Å². The number of aryl methyl sites for hydroxylation is 1. The largest absolute Gasteiger partial charge is 0.399 e. The van der Waals surface area contributed by atoms with Crippen molar-refractivity contribution >= 4 is 11.3 Å². The van der Waals surface area contributed by atoms with Gasteiger partial charge >= 0.3 is 0 Å². The van der Waals surface area contributed by atoms with Crippen molar-refractivity contribution in [2.24, 2.45) is 0 Å². The summed E-state index contributed by atoms with van der Waals surface area (Å²) in [6.07, 6.45) is 4.44. The van der Waals surface area contributed by atoms with Crippen LogP contribution in [0.15, 0.2) is 24.3 Å². The summed E-state index contributed by atoms with van der Waals surface area (Å²) in [5, 5.41) is 2.21. The molecule has 0 saturated carbocycles. The van der Waals surface area contributed by atoms with Crippen LogP contribution >= 0.6 is 0 Å². The first-order chi connectivity index (χ1) is 8.24. The number of anilines is 1. The van der Waals surface area contributed by atoms with Crippen molar-refractivity contribution in [1.82, 2.24) is 10.4 Å². The fourth-order valence-corrected chi connectivity index (χ4v) is 2.34. The minimum absolute atomic E-state index is 0.860. The van der Waals surface area contributed by atoms with Crippen molar-refractivity contribution in [3.05, 3.63) is 35.4 Å². The summed E-state index contributed by atoms with van der Waals surface area (Å²) >= 11 is 0. The molecule has 0 aliphatic carbocycles. The van der Waals surface area contributed by atoms with Crippen LogP contribution in [0.5, 0.6) is 0 Å². The van der Waals surface area contributed by atoms with Crippen molar-refractivity contribution in [3.8, 4) is 0 Å². The molecule has 0 amide bonds. The van der Waals surface area contributed by atoms with E-state index in [2.05, 4.69) is 35.6 Å². The summed E-state index contributed by atoms with van der Waals surface area (Å²) in [7, 11) is 1.97. The maximum absolute atomic E-state index is 5.84. The standard InChI is InChI=1S/C14H21N3/c1-3-11-10-13(15)4-5-14(11)12-6-8-17(16-2)9-7-12/h4-6,10,16H,3,7-9,15H2,1-2H3. The van der Waals surface area contributed by atoms with Crippen molar-refractivity contribution < 1.29 is 0 Å². The zero-order valence-corrected chi connectivity index (χ0v) is 10.7. The van der Waals surface area contributed by atoms with Crippen LogP contribution < -0.4 is 11.2 Å². The van der Waals surface area contributed by atoms with Gasteiger partial charge in [-0.2, -0.15) is 0 Å². The minimum atomic E-state index is 0.860. The lowest BCUT2D eigenvalue weighted by molar-refractivity contribution is 0.231. The fraction of sp³-hybridized carbons (Fsp3) is 0.429. The first-order valence-electron chi connectivity index (χ1n) is 6.24. The van der Waals surface area contributed by atoms with Crippen LogP contribution in [0.4, 0.5) is 5.69 Å². The summed E-state index contributed by atoms with van der Waals surface area (Å²) in [5.74, 6) is 0. The molecule has 1 aromatic rings. The molecular formula is C14H21N3. The van der Waals surface area contributed by atoms with Gasteiger partial charge in [0.25, 0.3) is 0 Å². The van der Waals surface area contributed by atoms with Crippen LogP contribution in [0.25, 0.3) is 5.57 Å². The highest BCUT2D eigenvalue weighted by molar-refractivity contribution is 5.71. The van der Waals surface area contributed by atoms with Crippen LogP contribution in [0.1, 0.15) is 24.5 Å². The molecule has 0 spiro atoms. The molecule has 0 aromatic heterocycles. The van der Waals surface area contributed by atoms with Crippen molar-refractivity contribution in [2.45, 2.75) is 19.8 Å². The van der Waals surface area contributed by atoms with E-state index < -0.39 is 0 Å². The lowest BCUT2D eigenvalue weighted by Gasteiger charge is -2.26. The number of nitrogens with two attached hydrogens (primary N) is 1. The van der Waals surface area contributed by atoms with Gasteiger partial charge in [0.05, 0.1) is 0 Å². The predicted molar refractivity (Wildman–Crippen MR) is 73.5 cm³/mol. The average molecular weight is 231 g/mol. The molecule has 0 bridgehead atoms. The van der Waals surface area contributed by atoms with E-state index in [0.717, 1.165) is 31.6 Å². The first kappa shape index (κ1) is 12.1. The second kappa shape index (κ2) is 5.34. The quantitative estimate of drug-likeness (QED) is 0.782. The third-order valence-electron chi connectivity index (χ3n) is 3.38. The third kappa shape index (κ3) is 2.68. The van der Waals surface area contributed by atoms with Crippen molar-refractivity contribution in [2.75, 3.05) is 25.9 Å². The number of hydrogen-bond donors (Lipinski definition) is 2. The molecule has 3 N–H and O–H groups in total. The van der Waals surface area contributed by atoms with E-state index in [0.29, 0.717) is 0 Å². The molecule has 0 fully saturated rings. The fourth-order valence-electron chi connectivity index (χ4n) is 2.34. The summed E-state index contributed by atoms with van der Waals surface area (Å²) in [6.45, 7) is 4.22. The van der Waals surface area contributed by atoms with E-state index in [4.69, 9.17) is 5.73 Å². The number of nitrogen functional groups attached to an aromatic ring is 1. The summed E-state index contributed by atoms with van der Waals surface area (Å²) in [6, 6.07) is 6.26. The smallest absolute Gasteiger partial charge is 0.0317 e. The molecule has 1 aromatic carbocycles. The van der Waals surface area contributed by atoms with Gasteiger partial charge in [0.15, 0.2) is 0 Å². The number of hydrogen-bond acceptors (Lipinski definition) is 3. The molecule has 3 nitrogen and oxygen atoms in total. The Labute approximate surface area is 103 Å². The lowest BCUT2D eigenvalue weighted by atomic mass is 9.94. The normalized spacial score (nSPS) is 16.9. The van der Waals surface area contributed by atoms with E-state index in [1.54, 1.807) is 0 Å². The van der Waals surface area contributed by atoms with Crippen LogP contribution in [-0.2, 0) is 6.42 Å². The molecule has 0 atom stereocenters. The van der Waals surface area contributed by atoms with E-state index >= 15 is 0 Å². The van der Waals surface area contributed by atoms with Crippen LogP contribution in [-0.4, -0.2) is 25.1 Å². The number of nitrogens with one attached hydrogen (secondary N) is 1. The molecule has 17 heavy (non-hydrogen) atoms. The molecular weight excluding hydrogens is 210 g/mol. The number of hydrazine groups is 1. The zero-order valence-electron chi connectivity index (χ0n) is 10.7. The van der Waals surface area contributed by atoms with Crippen molar-refractivity contribution in [1.29, 1.82) is 0 Å². The number of rotatable bonds is 3. The molecule has 0 saturated heterocycles. The molecule has 1 aliphatic heterocycles. The molecule has 1 heterocycles. The summed E-state index contributed by atoms with van der Waals surface area (Å²) in [4.78, 5) is 0. The third-order valence-corrected chi connectivity index (χ3v) is 3.38. The Balaban J connectivity index is 2.26. The number of nitrogens with zero attached hydrogens (tertiary/aromatic N) is 1. The molecule has 2 rings (SSSR count). The zero-order chi connectivity index (χ0) is 12.3. The van der Waals surface area contributed by atoms with Gasteiger partial charge in [0.1, 0.15) is 0 Å². The molecule has 1 aliphatic rings. The van der Waals surface area contributed by atoms with E-state index in [1.165, 1.54) is 16.7 Å². The van der Waals surface area contributed by atoms with E-state index in [9.17, 15) is 0 Å². The number of benzene rings is 1. The van der Waals surface area contributed by atoms with Gasteiger partial charge in [-0.05, 0) is 48.7 Å². The average Bonchev–Trinajstić information content (AvgIpc) is 2.39. The van der Waals surface area contributed by atoms with E-state index in [-0.39, 0.29) is 0 Å². The highest BCUT2D eigenvalue weighted by Crippen LogP contribution is 2.26. The molecule has 0 unspecified atom stereocenters. The van der Waals surface area contributed by atoms with Gasteiger partial charge in [-0.15, -0.1) is 0 Å². The Morgan fingerprint density at radius 1 is 1.41 bits per heavy atom. The first-order valence-corrected chi connectivity index (χ1v) is 6.24. The Kier molecular flexibility index (Phi) is 3.82. The molecule has 92 valence electrons. The second-order valence-corrected chi connectivity index (χ2v) is 4.42. The van der Waals surface area contributed by atoms with Gasteiger partial charge in [0, 0.05) is 18.8 Å². The highest BCUT2D eigenvalue weighted by Gasteiger charge is 2.13.